The molecule has 6 nitrogen and oxygen atoms in total. The lowest BCUT2D eigenvalue weighted by molar-refractivity contribution is -0.129. The third-order valence-corrected chi connectivity index (χ3v) is 5.81. The van der Waals surface area contributed by atoms with Crippen molar-refractivity contribution in [3.05, 3.63) is 72.6 Å². The van der Waals surface area contributed by atoms with Crippen molar-refractivity contribution in [1.82, 2.24) is 19.8 Å². The van der Waals surface area contributed by atoms with Crippen molar-refractivity contribution >= 4 is 11.8 Å². The summed E-state index contributed by atoms with van der Waals surface area (Å²) in [5, 5.41) is 2.88. The molecule has 0 spiro atoms. The van der Waals surface area contributed by atoms with Gasteiger partial charge in [-0.05, 0) is 32.4 Å². The van der Waals surface area contributed by atoms with Gasteiger partial charge in [0.05, 0.1) is 0 Å². The van der Waals surface area contributed by atoms with Gasteiger partial charge in [-0.2, -0.15) is 0 Å². The van der Waals surface area contributed by atoms with E-state index in [1.54, 1.807) is 24.9 Å². The lowest BCUT2D eigenvalue weighted by atomic mass is 10.0. The van der Waals surface area contributed by atoms with Gasteiger partial charge < -0.3 is 10.2 Å². The van der Waals surface area contributed by atoms with Crippen LogP contribution in [-0.4, -0.2) is 44.9 Å². The Kier molecular flexibility index (Phi) is 8.04. The molecule has 1 aliphatic heterocycles. The predicted molar refractivity (Wildman–Crippen MR) is 134 cm³/mol. The molecule has 1 fully saturated rings. The first-order valence-corrected chi connectivity index (χ1v) is 11.7. The Morgan fingerprint density at radius 1 is 1.03 bits per heavy atom. The number of rotatable bonds is 4. The maximum atomic E-state index is 13.4. The highest BCUT2D eigenvalue weighted by molar-refractivity contribution is 5.98. The van der Waals surface area contributed by atoms with E-state index in [0.717, 1.165) is 11.3 Å². The third-order valence-electron chi connectivity index (χ3n) is 5.81. The number of hydrogen-bond acceptors (Lipinski definition) is 3. The van der Waals surface area contributed by atoms with Gasteiger partial charge in [-0.15, -0.1) is 0 Å². The standard InChI is InChI=1S/C23H24N4O2.C4H10.H2/c1-23(2)22(29)24-14-9-15-27(23)21(28)19-16-26(18-12-7-4-8-13-18)20(25-19)17-10-5-3-6-11-17;1-3-4-2;/h3-8,10-13,16H,9,14-15H2,1-2H3,(H,24,29);3-4H2,1-2H3;1H. The van der Waals surface area contributed by atoms with Crippen LogP contribution < -0.4 is 5.32 Å². The second-order valence-electron chi connectivity index (χ2n) is 8.65. The second kappa shape index (κ2) is 10.9. The van der Waals surface area contributed by atoms with Crippen LogP contribution in [0.2, 0.25) is 0 Å². The molecule has 0 unspecified atom stereocenters. The summed E-state index contributed by atoms with van der Waals surface area (Å²) in [6, 6.07) is 19.6. The summed E-state index contributed by atoms with van der Waals surface area (Å²) >= 11 is 0. The summed E-state index contributed by atoms with van der Waals surface area (Å²) in [7, 11) is 0. The molecule has 2 amide bonds. The van der Waals surface area contributed by atoms with E-state index in [0.29, 0.717) is 31.0 Å². The van der Waals surface area contributed by atoms with Crippen molar-refractivity contribution in [2.24, 2.45) is 0 Å². The molecular weight excluding hydrogens is 412 g/mol. The van der Waals surface area contributed by atoms with Gasteiger partial charge in [0, 0.05) is 32.0 Å². The molecule has 1 aromatic heterocycles. The van der Waals surface area contributed by atoms with Crippen LogP contribution in [0, 0.1) is 0 Å². The molecular formula is C27H36N4O2. The lowest BCUT2D eigenvalue weighted by Gasteiger charge is -2.34. The van der Waals surface area contributed by atoms with Gasteiger partial charge in [0.15, 0.2) is 0 Å². The number of carbonyl (C=O) groups excluding carboxylic acids is 2. The van der Waals surface area contributed by atoms with Crippen LogP contribution in [0.5, 0.6) is 0 Å². The first kappa shape index (κ1) is 24.2. The molecule has 4 rings (SSSR count). The summed E-state index contributed by atoms with van der Waals surface area (Å²) in [5.74, 6) is 0.310. The molecule has 0 aliphatic carbocycles. The predicted octanol–water partition coefficient (Wildman–Crippen LogP) is 5.33. The number of amides is 2. The fourth-order valence-corrected chi connectivity index (χ4v) is 3.61. The minimum atomic E-state index is -0.934. The largest absolute Gasteiger partial charge is 0.354 e. The van der Waals surface area contributed by atoms with Gasteiger partial charge in [-0.1, -0.05) is 75.2 Å². The summed E-state index contributed by atoms with van der Waals surface area (Å²) in [4.78, 5) is 32.2. The smallest absolute Gasteiger partial charge is 0.274 e. The molecule has 2 heterocycles. The quantitative estimate of drug-likeness (QED) is 0.586. The Hall–Kier alpha value is -3.41. The van der Waals surface area contributed by atoms with E-state index in [-0.39, 0.29) is 13.2 Å². The number of aromatic nitrogens is 2. The number of unbranched alkanes of at least 4 members (excludes halogenated alkanes) is 1. The number of carbonyl (C=O) groups is 2. The van der Waals surface area contributed by atoms with Crippen LogP contribution in [0.1, 0.15) is 58.9 Å². The van der Waals surface area contributed by atoms with E-state index in [4.69, 9.17) is 4.98 Å². The van der Waals surface area contributed by atoms with Gasteiger partial charge in [-0.25, -0.2) is 4.98 Å². The Balaban J connectivity index is 0.000000758. The van der Waals surface area contributed by atoms with Gasteiger partial charge >= 0.3 is 0 Å². The average Bonchev–Trinajstić information content (AvgIpc) is 3.25. The Morgan fingerprint density at radius 2 is 1.64 bits per heavy atom. The van der Waals surface area contributed by atoms with Gasteiger partial charge in [-0.3, -0.25) is 14.2 Å². The molecule has 6 heteroatoms. The van der Waals surface area contributed by atoms with Gasteiger partial charge in [0.2, 0.25) is 5.91 Å². The second-order valence-corrected chi connectivity index (χ2v) is 8.65. The topological polar surface area (TPSA) is 67.2 Å². The highest BCUT2D eigenvalue weighted by Crippen LogP contribution is 2.26. The van der Waals surface area contributed by atoms with Crippen LogP contribution in [-0.2, 0) is 4.79 Å². The molecule has 0 saturated carbocycles. The SMILES string of the molecule is CC1(C)C(=O)NCCCN1C(=O)c1cn(-c2ccccc2)c(-c2ccccc2)n1.CCCC.[HH]. The first-order chi connectivity index (χ1) is 15.9. The van der Waals surface area contributed by atoms with Crippen molar-refractivity contribution in [3.8, 4) is 17.1 Å². The van der Waals surface area contributed by atoms with E-state index in [9.17, 15) is 9.59 Å². The summed E-state index contributed by atoms with van der Waals surface area (Å²) in [6.07, 6.45) is 5.12. The molecule has 1 saturated heterocycles. The molecule has 33 heavy (non-hydrogen) atoms. The maximum absolute atomic E-state index is 13.4. The van der Waals surface area contributed by atoms with E-state index in [1.807, 2.05) is 65.2 Å². The summed E-state index contributed by atoms with van der Waals surface area (Å²) in [6.45, 7) is 8.99. The van der Waals surface area contributed by atoms with Crippen molar-refractivity contribution in [2.45, 2.75) is 52.5 Å². The summed E-state index contributed by atoms with van der Waals surface area (Å²) in [5.41, 5.74) is 1.24. The van der Waals surface area contributed by atoms with Crippen LogP contribution >= 0.6 is 0 Å². The summed E-state index contributed by atoms with van der Waals surface area (Å²) < 4.78 is 1.92. The van der Waals surface area contributed by atoms with Crippen LogP contribution in [0.3, 0.4) is 0 Å². The molecule has 3 aromatic rings. The monoisotopic (exact) mass is 448 g/mol. The molecule has 0 atom stereocenters. The van der Waals surface area contributed by atoms with Crippen molar-refractivity contribution < 1.29 is 11.0 Å². The Bertz CT molecular complexity index is 1010. The maximum Gasteiger partial charge on any atom is 0.274 e. The van der Waals surface area contributed by atoms with E-state index in [2.05, 4.69) is 19.2 Å². The number of imidazole rings is 1. The van der Waals surface area contributed by atoms with Crippen LogP contribution in [0.25, 0.3) is 17.1 Å². The fraction of sp³-hybridized carbons (Fsp3) is 0.370. The highest BCUT2D eigenvalue weighted by Gasteiger charge is 2.40. The molecule has 2 aromatic carbocycles. The lowest BCUT2D eigenvalue weighted by Crippen LogP contribution is -2.55. The van der Waals surface area contributed by atoms with Crippen LogP contribution in [0.15, 0.2) is 66.9 Å². The molecule has 0 bridgehead atoms. The highest BCUT2D eigenvalue weighted by atomic mass is 16.2. The zero-order chi connectivity index (χ0) is 23.8. The molecule has 1 N–H and O–H groups in total. The zero-order valence-electron chi connectivity index (χ0n) is 20.0. The molecule has 0 radical (unpaired) electrons. The zero-order valence-corrected chi connectivity index (χ0v) is 20.0. The van der Waals surface area contributed by atoms with Gasteiger partial charge in [0.25, 0.3) is 5.91 Å². The number of nitrogens with one attached hydrogen (secondary N) is 1. The number of nitrogens with zero attached hydrogens (tertiary/aromatic N) is 3. The average molecular weight is 449 g/mol. The van der Waals surface area contributed by atoms with E-state index >= 15 is 0 Å². The minimum Gasteiger partial charge on any atom is -0.354 e. The Labute approximate surface area is 198 Å². The number of para-hydroxylation sites is 1. The molecule has 1 aliphatic rings. The first-order valence-electron chi connectivity index (χ1n) is 11.7. The van der Waals surface area contributed by atoms with Crippen LogP contribution in [0.4, 0.5) is 0 Å². The normalized spacial score (nSPS) is 15.2. The fourth-order valence-electron chi connectivity index (χ4n) is 3.61. The number of benzene rings is 2. The van der Waals surface area contributed by atoms with Gasteiger partial charge in [0.1, 0.15) is 17.1 Å². The minimum absolute atomic E-state index is 0. The van der Waals surface area contributed by atoms with E-state index < -0.39 is 5.54 Å². The van der Waals surface area contributed by atoms with Crippen molar-refractivity contribution in [2.75, 3.05) is 13.1 Å². The third kappa shape index (κ3) is 5.51. The number of hydrogen-bond donors (Lipinski definition) is 1. The van der Waals surface area contributed by atoms with Crippen molar-refractivity contribution in [1.29, 1.82) is 0 Å². The molecule has 176 valence electrons. The Morgan fingerprint density at radius 3 is 2.24 bits per heavy atom. The van der Waals surface area contributed by atoms with Crippen molar-refractivity contribution in [3.63, 3.8) is 0 Å². The van der Waals surface area contributed by atoms with E-state index in [1.165, 1.54) is 12.8 Å².